The minimum absolute atomic E-state index is 0.685. The average Bonchev–Trinajstić information content (AvgIpc) is 1.90. The van der Waals surface area contributed by atoms with E-state index in [-0.39, 0.29) is 0 Å². The van der Waals surface area contributed by atoms with Gasteiger partial charge in [-0.2, -0.15) is 0 Å². The number of allylic oxidation sites excluding steroid dienone is 2. The third-order valence-corrected chi connectivity index (χ3v) is 17.4. The average molecular weight is 1090 g/mol. The molecule has 0 bridgehead atoms. The first-order valence-corrected chi connectivity index (χ1v) is 28.6. The summed E-state index contributed by atoms with van der Waals surface area (Å²) in [5.41, 5.74) is 22.7. The number of hydrogen-bond donors (Lipinski definition) is 0. The van der Waals surface area contributed by atoms with Crippen LogP contribution in [-0.2, 0) is 0 Å². The Bertz CT molecular complexity index is 5730. The molecule has 85 heavy (non-hydrogen) atoms. The monoisotopic (exact) mass is 1090 g/mol. The summed E-state index contributed by atoms with van der Waals surface area (Å²) >= 11 is 0. The van der Waals surface area contributed by atoms with Gasteiger partial charge in [-0.15, -0.1) is 0 Å². The molecule has 6 heteroatoms. The Labute approximate surface area is 484 Å². The Morgan fingerprint density at radius 2 is 0.553 bits per heavy atom. The van der Waals surface area contributed by atoms with Gasteiger partial charge in [0.1, 0.15) is 66.8 Å². The quantitative estimate of drug-likeness (QED) is 0.158. The van der Waals surface area contributed by atoms with E-state index in [1.807, 2.05) is 60.7 Å². The highest BCUT2D eigenvalue weighted by molar-refractivity contribution is 6.28. The summed E-state index contributed by atoms with van der Waals surface area (Å²) in [4.78, 5) is 0. The molecule has 0 unspecified atom stereocenters. The lowest BCUT2D eigenvalue weighted by molar-refractivity contribution is 0.576. The maximum absolute atomic E-state index is 6.67. The Hall–Kier alpha value is -11.3. The van der Waals surface area contributed by atoms with Gasteiger partial charge in [-0.1, -0.05) is 134 Å². The fraction of sp³-hybridized carbons (Fsp3) is 0.0127. The Morgan fingerprint density at radius 3 is 0.882 bits per heavy atom. The largest absolute Gasteiger partial charge is 0.456 e. The van der Waals surface area contributed by atoms with Crippen LogP contribution >= 0.6 is 0 Å². The molecule has 0 radical (unpaired) electrons. The number of benzene rings is 12. The molecule has 0 N–H and O–H groups in total. The maximum Gasteiger partial charge on any atom is 0.136 e. The molecule has 6 aromatic heterocycles. The van der Waals surface area contributed by atoms with Crippen LogP contribution in [0.2, 0.25) is 0 Å². The molecule has 18 rings (SSSR count). The lowest BCUT2D eigenvalue weighted by atomic mass is 9.92. The summed E-state index contributed by atoms with van der Waals surface area (Å²) in [5, 5.41) is 12.0. The van der Waals surface area contributed by atoms with Gasteiger partial charge in [-0.25, -0.2) is 0 Å². The van der Waals surface area contributed by atoms with Crippen molar-refractivity contribution in [3.8, 4) is 55.6 Å². The molecule has 18 aromatic rings. The van der Waals surface area contributed by atoms with Crippen molar-refractivity contribution in [2.45, 2.75) is 6.92 Å². The topological polar surface area (TPSA) is 78.8 Å². The standard InChI is InChI=1S/C79H46O6/c1-44(18-24-62-45(2)74-68(80-62)30-31-69-75(74)57-39-49(19-25-63(57)81-69)46-12-6-3-7-13-46)54-36-55(52-22-28-66-60(42-52)78-72(84-66)34-32-70-76(78)58-40-50(20-26-64(58)82-70)47-14-8-4-9-15-47)38-56(37-54)53-23-29-67-61(43-53)79-73(85-67)35-33-71-77(79)59-41-51(21-27-65(59)83-71)48-16-10-5-11-17-48/h3-43H,2H2,1H3/b44-18+,62-24+. The van der Waals surface area contributed by atoms with Gasteiger partial charge in [0.05, 0.1) is 0 Å². The molecule has 0 saturated heterocycles. The Kier molecular flexibility index (Phi) is 10.1. The summed E-state index contributed by atoms with van der Waals surface area (Å²) in [7, 11) is 0. The summed E-state index contributed by atoms with van der Waals surface area (Å²) in [6, 6.07) is 82.7. The van der Waals surface area contributed by atoms with E-state index < -0.39 is 0 Å². The van der Waals surface area contributed by atoms with Gasteiger partial charge in [0.15, 0.2) is 0 Å². The van der Waals surface area contributed by atoms with Crippen molar-refractivity contribution >= 4 is 139 Å². The highest BCUT2D eigenvalue weighted by Gasteiger charge is 2.22. The van der Waals surface area contributed by atoms with E-state index in [1.54, 1.807) is 0 Å². The highest BCUT2D eigenvalue weighted by Crippen LogP contribution is 2.46. The van der Waals surface area contributed by atoms with Crippen LogP contribution in [0, 0.1) is 0 Å². The van der Waals surface area contributed by atoms with Crippen molar-refractivity contribution in [1.29, 1.82) is 0 Å². The van der Waals surface area contributed by atoms with Crippen LogP contribution in [-0.4, -0.2) is 0 Å². The minimum Gasteiger partial charge on any atom is -0.456 e. The molecule has 0 amide bonds. The molecule has 0 aliphatic carbocycles. The smallest absolute Gasteiger partial charge is 0.136 e. The molecule has 0 spiro atoms. The summed E-state index contributed by atoms with van der Waals surface area (Å²) in [6.07, 6.45) is 4.19. The van der Waals surface area contributed by atoms with Gasteiger partial charge in [0.25, 0.3) is 0 Å². The van der Waals surface area contributed by atoms with E-state index >= 15 is 0 Å². The summed E-state index contributed by atoms with van der Waals surface area (Å²) in [6.45, 7) is 6.80. The van der Waals surface area contributed by atoms with Crippen LogP contribution in [0.4, 0.5) is 0 Å². The third kappa shape index (κ3) is 7.38. The number of furan rings is 6. The zero-order valence-electron chi connectivity index (χ0n) is 45.8. The first kappa shape index (κ1) is 47.3. The molecule has 0 fully saturated rings. The lowest BCUT2D eigenvalue weighted by Crippen LogP contribution is -2.17. The molecule has 6 heterocycles. The van der Waals surface area contributed by atoms with E-state index in [0.29, 0.717) is 5.42 Å². The van der Waals surface area contributed by atoms with Crippen LogP contribution in [0.25, 0.3) is 195 Å². The second-order valence-electron chi connectivity index (χ2n) is 22.4. The van der Waals surface area contributed by atoms with Crippen molar-refractivity contribution in [2.24, 2.45) is 0 Å². The van der Waals surface area contributed by atoms with Gasteiger partial charge in [-0.3, -0.25) is 0 Å². The van der Waals surface area contributed by atoms with Crippen LogP contribution in [0.3, 0.4) is 0 Å². The zero-order chi connectivity index (χ0) is 56.0. The zero-order valence-corrected chi connectivity index (χ0v) is 45.8. The predicted octanol–water partition coefficient (Wildman–Crippen LogP) is 21.6. The molecule has 398 valence electrons. The van der Waals surface area contributed by atoms with Gasteiger partial charge in [0, 0.05) is 64.5 Å². The Morgan fingerprint density at radius 1 is 0.271 bits per heavy atom. The lowest BCUT2D eigenvalue weighted by Gasteiger charge is -2.12. The van der Waals surface area contributed by atoms with Crippen molar-refractivity contribution in [3.05, 3.63) is 259 Å². The number of rotatable bonds is 7. The van der Waals surface area contributed by atoms with Gasteiger partial charge >= 0.3 is 0 Å². The first-order valence-electron chi connectivity index (χ1n) is 28.6. The molecule has 6 nitrogen and oxygen atoms in total. The van der Waals surface area contributed by atoms with E-state index in [9.17, 15) is 0 Å². The fourth-order valence-electron chi connectivity index (χ4n) is 13.2. The Balaban J connectivity index is 0.820. The normalized spacial score (nSPS) is 12.7. The second kappa shape index (κ2) is 18.1. The fourth-order valence-corrected chi connectivity index (χ4v) is 13.2. The molecular formula is C79H46O6. The molecule has 0 aliphatic heterocycles. The SMILES string of the molecule is C=c1/c(=C\C=C(/C)c2cc(-c3ccc4oc5ccc6oc7ccc(-c8ccccc8)cc7c6c5c4c3)cc(-c3ccc4oc5ccc6oc7ccc(-c8ccccc8)cc7c6c5c4c3)c2)oc2ccc3oc4ccc(-c5ccccc5)cc4c3c12. The molecule has 12 aromatic carbocycles. The van der Waals surface area contributed by atoms with E-state index in [4.69, 9.17) is 26.5 Å². The van der Waals surface area contributed by atoms with Crippen molar-refractivity contribution in [2.75, 3.05) is 0 Å². The van der Waals surface area contributed by atoms with E-state index in [2.05, 4.69) is 202 Å². The molecule has 0 aliphatic rings. The highest BCUT2D eigenvalue weighted by atomic mass is 16.4. The third-order valence-electron chi connectivity index (χ3n) is 17.4. The maximum atomic E-state index is 6.67. The van der Waals surface area contributed by atoms with Gasteiger partial charge in [0.2, 0.25) is 0 Å². The second-order valence-corrected chi connectivity index (χ2v) is 22.4. The minimum atomic E-state index is 0.685. The van der Waals surface area contributed by atoms with E-state index in [1.165, 1.54) is 0 Å². The van der Waals surface area contributed by atoms with E-state index in [0.717, 1.165) is 193 Å². The first-order chi connectivity index (χ1) is 41.9. The van der Waals surface area contributed by atoms with Crippen LogP contribution in [0.15, 0.2) is 269 Å². The summed E-state index contributed by atoms with van der Waals surface area (Å²) in [5.74, 6) is 0. The van der Waals surface area contributed by atoms with Crippen molar-refractivity contribution < 1.29 is 26.5 Å². The molecular weight excluding hydrogens is 1040 g/mol. The van der Waals surface area contributed by atoms with Gasteiger partial charge in [-0.05, 0) is 195 Å². The summed E-state index contributed by atoms with van der Waals surface area (Å²) < 4.78 is 39.6. The molecule has 0 saturated carbocycles. The van der Waals surface area contributed by atoms with Crippen LogP contribution < -0.4 is 10.6 Å². The molecule has 0 atom stereocenters. The van der Waals surface area contributed by atoms with Crippen molar-refractivity contribution in [1.82, 2.24) is 0 Å². The van der Waals surface area contributed by atoms with Crippen molar-refractivity contribution in [3.63, 3.8) is 0 Å². The number of hydrogen-bond acceptors (Lipinski definition) is 6. The predicted molar refractivity (Wildman–Crippen MR) is 349 cm³/mol. The van der Waals surface area contributed by atoms with Crippen LogP contribution in [0.1, 0.15) is 12.5 Å². The van der Waals surface area contributed by atoms with Crippen LogP contribution in [0.5, 0.6) is 0 Å². The number of fused-ring (bicyclic) bond motifs is 19. The van der Waals surface area contributed by atoms with Gasteiger partial charge < -0.3 is 26.5 Å².